The van der Waals surface area contributed by atoms with Crippen LogP contribution in [-0.2, 0) is 28.6 Å². The van der Waals surface area contributed by atoms with E-state index in [1.54, 1.807) is 0 Å². The van der Waals surface area contributed by atoms with Gasteiger partial charge in [-0.05, 0) is 25.2 Å². The first-order valence-corrected chi connectivity index (χ1v) is 27.9. The molecule has 0 rings (SSSR count). The molecule has 0 heterocycles. The number of rotatable bonds is 51. The van der Waals surface area contributed by atoms with Gasteiger partial charge >= 0.3 is 17.9 Å². The molecule has 0 aromatic heterocycles. The van der Waals surface area contributed by atoms with Gasteiger partial charge in [-0.25, -0.2) is 0 Å². The molecule has 1 unspecified atom stereocenters. The SMILES string of the molecule is CCCCCCCCCCCCCCCCCCCC(=O)OC[C@@H](COC(=O)CCCCCCCCCCCCC(C)CC)OC(=O)CCCCCCCCCCCCCCC. The topological polar surface area (TPSA) is 78.9 Å². The molecule has 0 radical (unpaired) electrons. The molecule has 6 nitrogen and oxygen atoms in total. The summed E-state index contributed by atoms with van der Waals surface area (Å²) >= 11 is 0. The first kappa shape index (κ1) is 60.4. The van der Waals surface area contributed by atoms with Crippen LogP contribution in [0.3, 0.4) is 0 Å². The normalized spacial score (nSPS) is 12.4. The van der Waals surface area contributed by atoms with Crippen LogP contribution in [0, 0.1) is 5.92 Å². The van der Waals surface area contributed by atoms with Crippen molar-refractivity contribution in [3.8, 4) is 0 Å². The van der Waals surface area contributed by atoms with Crippen molar-refractivity contribution in [1.29, 1.82) is 0 Å². The van der Waals surface area contributed by atoms with E-state index >= 15 is 0 Å². The van der Waals surface area contributed by atoms with Gasteiger partial charge in [-0.2, -0.15) is 0 Å². The lowest BCUT2D eigenvalue weighted by atomic mass is 9.99. The predicted octanol–water partition coefficient (Wildman–Crippen LogP) is 18.2. The van der Waals surface area contributed by atoms with Crippen molar-refractivity contribution in [3.63, 3.8) is 0 Å². The first-order valence-electron chi connectivity index (χ1n) is 27.9. The summed E-state index contributed by atoms with van der Waals surface area (Å²) in [5.41, 5.74) is 0. The molecule has 368 valence electrons. The van der Waals surface area contributed by atoms with E-state index in [2.05, 4.69) is 27.7 Å². The Morgan fingerprint density at radius 1 is 0.323 bits per heavy atom. The molecule has 0 saturated carbocycles. The number of carbonyl (C=O) groups excluding carboxylic acids is 3. The highest BCUT2D eigenvalue weighted by molar-refractivity contribution is 5.71. The van der Waals surface area contributed by atoms with E-state index in [0.717, 1.165) is 63.7 Å². The third-order valence-corrected chi connectivity index (χ3v) is 13.2. The zero-order valence-corrected chi connectivity index (χ0v) is 42.3. The van der Waals surface area contributed by atoms with E-state index in [1.807, 2.05) is 0 Å². The van der Waals surface area contributed by atoms with Gasteiger partial charge in [0.2, 0.25) is 0 Å². The number of carbonyl (C=O) groups is 3. The van der Waals surface area contributed by atoms with Crippen molar-refractivity contribution in [3.05, 3.63) is 0 Å². The van der Waals surface area contributed by atoms with Crippen molar-refractivity contribution in [1.82, 2.24) is 0 Å². The Bertz CT molecular complexity index is 935. The van der Waals surface area contributed by atoms with Crippen molar-refractivity contribution in [2.45, 2.75) is 323 Å². The molecule has 0 aromatic carbocycles. The maximum absolute atomic E-state index is 12.8. The molecule has 0 aliphatic rings. The molecule has 62 heavy (non-hydrogen) atoms. The van der Waals surface area contributed by atoms with Gasteiger partial charge in [0.25, 0.3) is 0 Å². The van der Waals surface area contributed by atoms with E-state index in [4.69, 9.17) is 14.2 Å². The summed E-state index contributed by atoms with van der Waals surface area (Å²) in [6.45, 7) is 9.07. The molecule has 0 spiro atoms. The van der Waals surface area contributed by atoms with Crippen molar-refractivity contribution >= 4 is 17.9 Å². The van der Waals surface area contributed by atoms with Crippen molar-refractivity contribution in [2.75, 3.05) is 13.2 Å². The molecule has 0 saturated heterocycles. The lowest BCUT2D eigenvalue weighted by Crippen LogP contribution is -2.30. The summed E-state index contributed by atoms with van der Waals surface area (Å²) in [6, 6.07) is 0. The number of esters is 3. The Balaban J connectivity index is 4.29. The van der Waals surface area contributed by atoms with Crippen molar-refractivity contribution in [2.24, 2.45) is 5.92 Å². The highest BCUT2D eigenvalue weighted by atomic mass is 16.6. The van der Waals surface area contributed by atoms with E-state index in [-0.39, 0.29) is 31.1 Å². The smallest absolute Gasteiger partial charge is 0.306 e. The Hall–Kier alpha value is -1.59. The minimum atomic E-state index is -0.761. The summed E-state index contributed by atoms with van der Waals surface area (Å²) in [6.07, 6.45) is 53.7. The van der Waals surface area contributed by atoms with E-state index in [1.165, 1.54) is 212 Å². The summed E-state index contributed by atoms with van der Waals surface area (Å²) in [4.78, 5) is 38.1. The van der Waals surface area contributed by atoms with Crippen LogP contribution in [0.15, 0.2) is 0 Å². The van der Waals surface area contributed by atoms with Crippen LogP contribution in [0.2, 0.25) is 0 Å². The maximum Gasteiger partial charge on any atom is 0.306 e. The molecule has 0 bridgehead atoms. The monoisotopic (exact) mass is 877 g/mol. The highest BCUT2D eigenvalue weighted by Crippen LogP contribution is 2.18. The molecule has 0 aromatic rings. The first-order chi connectivity index (χ1) is 30.4. The highest BCUT2D eigenvalue weighted by Gasteiger charge is 2.19. The lowest BCUT2D eigenvalue weighted by molar-refractivity contribution is -0.167. The van der Waals surface area contributed by atoms with Gasteiger partial charge in [0.1, 0.15) is 13.2 Å². The average Bonchev–Trinajstić information content (AvgIpc) is 3.27. The molecule has 0 amide bonds. The van der Waals surface area contributed by atoms with Gasteiger partial charge in [0.15, 0.2) is 6.10 Å². The molecule has 2 atom stereocenters. The van der Waals surface area contributed by atoms with E-state index in [0.29, 0.717) is 19.3 Å². The second kappa shape index (κ2) is 50.4. The second-order valence-electron chi connectivity index (χ2n) is 19.5. The van der Waals surface area contributed by atoms with Crippen LogP contribution in [0.5, 0.6) is 0 Å². The zero-order valence-electron chi connectivity index (χ0n) is 42.3. The Morgan fingerprint density at radius 3 is 0.839 bits per heavy atom. The number of ether oxygens (including phenoxy) is 3. The van der Waals surface area contributed by atoms with Gasteiger partial charge in [0, 0.05) is 19.3 Å². The second-order valence-corrected chi connectivity index (χ2v) is 19.5. The van der Waals surface area contributed by atoms with Gasteiger partial charge in [0.05, 0.1) is 0 Å². The lowest BCUT2D eigenvalue weighted by Gasteiger charge is -2.18. The number of unbranched alkanes of at least 4 members (excludes halogenated alkanes) is 37. The Labute approximate surface area is 387 Å². The molecule has 0 fully saturated rings. The maximum atomic E-state index is 12.8. The predicted molar refractivity (Wildman–Crippen MR) is 266 cm³/mol. The molecule has 0 N–H and O–H groups in total. The van der Waals surface area contributed by atoms with Gasteiger partial charge in [-0.1, -0.05) is 278 Å². The van der Waals surface area contributed by atoms with E-state index < -0.39 is 6.10 Å². The Morgan fingerprint density at radius 2 is 0.565 bits per heavy atom. The van der Waals surface area contributed by atoms with Gasteiger partial charge < -0.3 is 14.2 Å². The fourth-order valence-corrected chi connectivity index (χ4v) is 8.54. The van der Waals surface area contributed by atoms with Gasteiger partial charge in [-0.15, -0.1) is 0 Å². The number of hydrogen-bond acceptors (Lipinski definition) is 6. The summed E-state index contributed by atoms with van der Waals surface area (Å²) in [7, 11) is 0. The standard InChI is InChI=1S/C56H108O6/c1-5-8-10-12-14-16-18-20-21-22-23-25-26-31-35-39-43-47-54(57)60-50-53(62-56(59)49-45-41-37-33-27-24-19-17-15-13-11-9-6-2)51-61-55(58)48-44-40-36-32-29-28-30-34-38-42-46-52(4)7-3/h52-53H,5-51H2,1-4H3/t52?,53-/m0/s1. The molecule has 6 heteroatoms. The average molecular weight is 877 g/mol. The summed E-state index contributed by atoms with van der Waals surface area (Å²) in [5.74, 6) is 0.0309. The number of hydrogen-bond donors (Lipinski definition) is 0. The van der Waals surface area contributed by atoms with Crippen LogP contribution in [0.4, 0.5) is 0 Å². The van der Waals surface area contributed by atoms with Crippen LogP contribution < -0.4 is 0 Å². The molecular formula is C56H108O6. The van der Waals surface area contributed by atoms with Crippen molar-refractivity contribution < 1.29 is 28.6 Å². The minimum Gasteiger partial charge on any atom is -0.462 e. The van der Waals surface area contributed by atoms with Crippen LogP contribution in [-0.4, -0.2) is 37.2 Å². The third-order valence-electron chi connectivity index (χ3n) is 13.2. The molecule has 0 aliphatic heterocycles. The summed E-state index contributed by atoms with van der Waals surface area (Å²) in [5, 5.41) is 0. The van der Waals surface area contributed by atoms with Crippen LogP contribution in [0.1, 0.15) is 317 Å². The third kappa shape index (κ3) is 47.9. The van der Waals surface area contributed by atoms with E-state index in [9.17, 15) is 14.4 Å². The summed E-state index contributed by atoms with van der Waals surface area (Å²) < 4.78 is 16.9. The molecular weight excluding hydrogens is 769 g/mol. The zero-order chi connectivity index (χ0) is 45.2. The van der Waals surface area contributed by atoms with Gasteiger partial charge in [-0.3, -0.25) is 14.4 Å². The minimum absolute atomic E-state index is 0.0622. The van der Waals surface area contributed by atoms with Crippen LogP contribution >= 0.6 is 0 Å². The van der Waals surface area contributed by atoms with Crippen LogP contribution in [0.25, 0.3) is 0 Å². The fourth-order valence-electron chi connectivity index (χ4n) is 8.54. The quantitative estimate of drug-likeness (QED) is 0.0344. The Kier molecular flexibility index (Phi) is 49.1. The fraction of sp³-hybridized carbons (Fsp3) is 0.946. The molecule has 0 aliphatic carbocycles. The largest absolute Gasteiger partial charge is 0.462 e.